The van der Waals surface area contributed by atoms with Gasteiger partial charge in [0.1, 0.15) is 12.0 Å². The summed E-state index contributed by atoms with van der Waals surface area (Å²) in [7, 11) is 0. The molecule has 1 aromatic carbocycles. The Morgan fingerprint density at radius 3 is 3.04 bits per heavy atom. The number of nitrogens with one attached hydrogen (secondary N) is 1. The Balaban J connectivity index is 1.33. The largest absolute Gasteiger partial charge is 0.484 e. The van der Waals surface area contributed by atoms with E-state index in [1.165, 1.54) is 13.2 Å². The zero-order chi connectivity index (χ0) is 18.8. The number of nitrogens with zero attached hydrogens (tertiary/aromatic N) is 2. The van der Waals surface area contributed by atoms with Gasteiger partial charge in [-0.15, -0.1) is 0 Å². The number of oxazole rings is 1. The molecule has 1 fully saturated rings. The Hall–Kier alpha value is -3.23. The van der Waals surface area contributed by atoms with Crippen LogP contribution in [0, 0.1) is 0 Å². The lowest BCUT2D eigenvalue weighted by atomic mass is 10.2. The van der Waals surface area contributed by atoms with Crippen LogP contribution in [0.5, 0.6) is 17.2 Å². The second kappa shape index (κ2) is 7.18. The lowest BCUT2D eigenvalue weighted by Gasteiger charge is -2.15. The van der Waals surface area contributed by atoms with E-state index in [4.69, 9.17) is 18.6 Å². The standard InChI is InChI=1S/C18H19N3O6/c1-11(22)19-12-4-5-21(7-12)18(23)14-8-25-17(20-14)9-24-13-2-3-15-16(6-13)27-10-26-15/h2-3,6,8,12H,4-5,7,9-10H2,1H3,(H,19,22). The van der Waals surface area contributed by atoms with Crippen molar-refractivity contribution in [2.24, 2.45) is 0 Å². The smallest absolute Gasteiger partial charge is 0.275 e. The van der Waals surface area contributed by atoms with Gasteiger partial charge >= 0.3 is 0 Å². The maximum absolute atomic E-state index is 12.5. The van der Waals surface area contributed by atoms with Crippen LogP contribution in [0.4, 0.5) is 0 Å². The molecule has 9 nitrogen and oxygen atoms in total. The number of carbonyl (C=O) groups excluding carboxylic acids is 2. The first kappa shape index (κ1) is 17.2. The van der Waals surface area contributed by atoms with Gasteiger partial charge in [-0.2, -0.15) is 0 Å². The molecule has 3 heterocycles. The average Bonchev–Trinajstić information content (AvgIpc) is 3.38. The topological polar surface area (TPSA) is 103 Å². The predicted octanol–water partition coefficient (Wildman–Crippen LogP) is 1.33. The van der Waals surface area contributed by atoms with Gasteiger partial charge in [0, 0.05) is 32.1 Å². The van der Waals surface area contributed by atoms with Crippen LogP contribution < -0.4 is 19.5 Å². The van der Waals surface area contributed by atoms with E-state index in [-0.39, 0.29) is 36.9 Å². The molecular formula is C18H19N3O6. The number of hydrogen-bond acceptors (Lipinski definition) is 7. The number of fused-ring (bicyclic) bond motifs is 1. The number of aromatic nitrogens is 1. The third kappa shape index (κ3) is 3.81. The number of likely N-dealkylation sites (tertiary alicyclic amines) is 1. The highest BCUT2D eigenvalue weighted by molar-refractivity contribution is 5.92. The number of hydrogen-bond donors (Lipinski definition) is 1. The molecule has 1 saturated heterocycles. The highest BCUT2D eigenvalue weighted by atomic mass is 16.7. The zero-order valence-corrected chi connectivity index (χ0v) is 14.8. The van der Waals surface area contributed by atoms with Gasteiger partial charge in [0.05, 0.1) is 0 Å². The van der Waals surface area contributed by atoms with Gasteiger partial charge in [-0.05, 0) is 18.6 Å². The first-order valence-corrected chi connectivity index (χ1v) is 8.62. The first-order valence-electron chi connectivity index (χ1n) is 8.62. The molecule has 1 aromatic heterocycles. The molecule has 1 N–H and O–H groups in total. The molecule has 0 aliphatic carbocycles. The van der Waals surface area contributed by atoms with Crippen LogP contribution in [0.1, 0.15) is 29.7 Å². The average molecular weight is 373 g/mol. The molecule has 1 atom stereocenters. The molecule has 2 aliphatic heterocycles. The normalized spacial score (nSPS) is 17.8. The van der Waals surface area contributed by atoms with Crippen molar-refractivity contribution in [1.29, 1.82) is 0 Å². The molecule has 0 bridgehead atoms. The van der Waals surface area contributed by atoms with E-state index in [0.717, 1.165) is 6.42 Å². The van der Waals surface area contributed by atoms with Crippen LogP contribution in [-0.2, 0) is 11.4 Å². The van der Waals surface area contributed by atoms with E-state index in [1.807, 2.05) is 0 Å². The number of amides is 2. The lowest BCUT2D eigenvalue weighted by molar-refractivity contribution is -0.119. The summed E-state index contributed by atoms with van der Waals surface area (Å²) in [4.78, 5) is 29.5. The highest BCUT2D eigenvalue weighted by Gasteiger charge is 2.29. The molecule has 27 heavy (non-hydrogen) atoms. The van der Waals surface area contributed by atoms with Crippen LogP contribution in [0.3, 0.4) is 0 Å². The summed E-state index contributed by atoms with van der Waals surface area (Å²) < 4.78 is 21.5. The zero-order valence-electron chi connectivity index (χ0n) is 14.8. The molecule has 2 aromatic rings. The Bertz CT molecular complexity index is 865. The summed E-state index contributed by atoms with van der Waals surface area (Å²) in [5, 5.41) is 2.82. The minimum atomic E-state index is -0.221. The second-order valence-corrected chi connectivity index (χ2v) is 6.37. The van der Waals surface area contributed by atoms with Crippen molar-refractivity contribution in [3.05, 3.63) is 36.0 Å². The summed E-state index contributed by atoms with van der Waals surface area (Å²) in [6, 6.07) is 5.23. The Kier molecular flexibility index (Phi) is 4.57. The van der Waals surface area contributed by atoms with E-state index < -0.39 is 0 Å². The predicted molar refractivity (Wildman–Crippen MR) is 91.5 cm³/mol. The van der Waals surface area contributed by atoms with Crippen molar-refractivity contribution in [2.75, 3.05) is 19.9 Å². The molecule has 2 aliphatic rings. The quantitative estimate of drug-likeness (QED) is 0.843. The van der Waals surface area contributed by atoms with Gasteiger partial charge in [0.25, 0.3) is 5.91 Å². The summed E-state index contributed by atoms with van der Waals surface area (Å²) in [5.41, 5.74) is 0.225. The van der Waals surface area contributed by atoms with Gasteiger partial charge in [-0.25, -0.2) is 4.98 Å². The number of benzene rings is 1. The molecule has 0 saturated carbocycles. The SMILES string of the molecule is CC(=O)NC1CCN(C(=O)c2coc(COc3ccc4c(c3)OCO4)n2)C1. The Labute approximate surface area is 155 Å². The molecule has 2 amide bonds. The van der Waals surface area contributed by atoms with E-state index in [9.17, 15) is 9.59 Å². The van der Waals surface area contributed by atoms with Crippen LogP contribution in [0.2, 0.25) is 0 Å². The van der Waals surface area contributed by atoms with Gasteiger partial charge < -0.3 is 28.8 Å². The van der Waals surface area contributed by atoms with E-state index >= 15 is 0 Å². The molecule has 0 spiro atoms. The Morgan fingerprint density at radius 1 is 1.33 bits per heavy atom. The maximum atomic E-state index is 12.5. The van der Waals surface area contributed by atoms with Crippen LogP contribution in [-0.4, -0.2) is 47.6 Å². The minimum absolute atomic E-state index is 0.0211. The number of carbonyl (C=O) groups is 2. The van der Waals surface area contributed by atoms with Crippen molar-refractivity contribution < 1.29 is 28.2 Å². The number of ether oxygens (including phenoxy) is 3. The third-order valence-corrected chi connectivity index (χ3v) is 4.36. The molecule has 9 heteroatoms. The molecular weight excluding hydrogens is 354 g/mol. The van der Waals surface area contributed by atoms with Crippen molar-refractivity contribution in [2.45, 2.75) is 26.0 Å². The number of rotatable bonds is 5. The van der Waals surface area contributed by atoms with E-state index in [1.54, 1.807) is 23.1 Å². The highest BCUT2D eigenvalue weighted by Crippen LogP contribution is 2.35. The van der Waals surface area contributed by atoms with Gasteiger partial charge in [0.15, 0.2) is 23.8 Å². The Morgan fingerprint density at radius 2 is 2.19 bits per heavy atom. The fraction of sp³-hybridized carbons (Fsp3) is 0.389. The molecule has 0 radical (unpaired) electrons. The van der Waals surface area contributed by atoms with Gasteiger partial charge in [-0.1, -0.05) is 0 Å². The monoisotopic (exact) mass is 373 g/mol. The van der Waals surface area contributed by atoms with Crippen LogP contribution in [0.15, 0.2) is 28.9 Å². The minimum Gasteiger partial charge on any atom is -0.484 e. The third-order valence-electron chi connectivity index (χ3n) is 4.36. The summed E-state index contributed by atoms with van der Waals surface area (Å²) in [6.07, 6.45) is 2.05. The van der Waals surface area contributed by atoms with Crippen molar-refractivity contribution in [3.8, 4) is 17.2 Å². The second-order valence-electron chi connectivity index (χ2n) is 6.37. The molecule has 142 valence electrons. The van der Waals surface area contributed by atoms with E-state index in [0.29, 0.717) is 36.2 Å². The van der Waals surface area contributed by atoms with Crippen molar-refractivity contribution in [1.82, 2.24) is 15.2 Å². The maximum Gasteiger partial charge on any atom is 0.275 e. The van der Waals surface area contributed by atoms with Crippen LogP contribution in [0.25, 0.3) is 0 Å². The van der Waals surface area contributed by atoms with E-state index in [2.05, 4.69) is 10.3 Å². The lowest BCUT2D eigenvalue weighted by Crippen LogP contribution is -2.37. The fourth-order valence-electron chi connectivity index (χ4n) is 3.10. The molecule has 1 unspecified atom stereocenters. The summed E-state index contributed by atoms with van der Waals surface area (Å²) in [5.74, 6) is 1.87. The van der Waals surface area contributed by atoms with Crippen LogP contribution >= 0.6 is 0 Å². The van der Waals surface area contributed by atoms with Gasteiger partial charge in [0.2, 0.25) is 18.6 Å². The van der Waals surface area contributed by atoms with Crippen molar-refractivity contribution >= 4 is 11.8 Å². The van der Waals surface area contributed by atoms with Gasteiger partial charge in [-0.3, -0.25) is 9.59 Å². The molecule has 4 rings (SSSR count). The van der Waals surface area contributed by atoms with Crippen molar-refractivity contribution in [3.63, 3.8) is 0 Å². The fourth-order valence-corrected chi connectivity index (χ4v) is 3.10. The first-order chi connectivity index (χ1) is 13.1. The summed E-state index contributed by atoms with van der Waals surface area (Å²) >= 11 is 0. The summed E-state index contributed by atoms with van der Waals surface area (Å²) in [6.45, 7) is 2.78.